The number of nitrogens with zero attached hydrogens (tertiary/aromatic N) is 3. The van der Waals surface area contributed by atoms with Crippen LogP contribution >= 0.6 is 0 Å². The van der Waals surface area contributed by atoms with Crippen molar-refractivity contribution >= 4 is 28.6 Å². The normalized spacial score (nSPS) is 17.2. The highest BCUT2D eigenvalue weighted by Gasteiger charge is 2.29. The van der Waals surface area contributed by atoms with E-state index in [1.54, 1.807) is 18.2 Å². The van der Waals surface area contributed by atoms with Gasteiger partial charge in [0.2, 0.25) is 5.91 Å². The van der Waals surface area contributed by atoms with Gasteiger partial charge in [0, 0.05) is 31.2 Å². The van der Waals surface area contributed by atoms with Crippen LogP contribution < -0.4 is 9.64 Å². The van der Waals surface area contributed by atoms with Crippen molar-refractivity contribution in [2.45, 2.75) is 31.7 Å². The maximum Gasteiger partial charge on any atom is 0.418 e. The molecule has 0 radical (unpaired) electrons. The van der Waals surface area contributed by atoms with Gasteiger partial charge in [-0.1, -0.05) is 0 Å². The molecule has 0 saturated carbocycles. The van der Waals surface area contributed by atoms with Gasteiger partial charge in [-0.15, -0.1) is 0 Å². The maximum atomic E-state index is 11.9. The van der Waals surface area contributed by atoms with Crippen LogP contribution in [-0.4, -0.2) is 40.1 Å². The van der Waals surface area contributed by atoms with Crippen LogP contribution in [0.15, 0.2) is 42.6 Å². The van der Waals surface area contributed by atoms with Gasteiger partial charge >= 0.3 is 6.09 Å². The molecule has 0 spiro atoms. The summed E-state index contributed by atoms with van der Waals surface area (Å²) in [6, 6.07) is 11.2. The van der Waals surface area contributed by atoms with Gasteiger partial charge in [-0.25, -0.2) is 9.69 Å². The quantitative estimate of drug-likeness (QED) is 0.701. The summed E-state index contributed by atoms with van der Waals surface area (Å²) < 4.78 is 13.5. The lowest BCUT2D eigenvalue weighted by Gasteiger charge is -2.25. The fraction of sp³-hybridized carbons (Fsp3) is 0.318. The number of carbonyl (C=O) groups excluding carboxylic acids is 1. The number of aryl methyl sites for hydroxylation is 1. The highest BCUT2D eigenvalue weighted by Crippen LogP contribution is 2.34. The van der Waals surface area contributed by atoms with Gasteiger partial charge < -0.3 is 14.6 Å². The molecule has 8 nitrogen and oxygen atoms in total. The van der Waals surface area contributed by atoms with Crippen LogP contribution in [0.5, 0.6) is 11.5 Å². The Balaban J connectivity index is 1.39. The summed E-state index contributed by atoms with van der Waals surface area (Å²) >= 11 is 0. The van der Waals surface area contributed by atoms with Crippen LogP contribution in [0.2, 0.25) is 0 Å². The predicted molar refractivity (Wildman–Crippen MR) is 109 cm³/mol. The van der Waals surface area contributed by atoms with Crippen molar-refractivity contribution in [2.75, 3.05) is 18.1 Å². The maximum absolute atomic E-state index is 11.9. The third-order valence-electron chi connectivity index (χ3n) is 5.63. The van der Waals surface area contributed by atoms with Crippen molar-refractivity contribution < 1.29 is 24.2 Å². The van der Waals surface area contributed by atoms with Gasteiger partial charge in [0.15, 0.2) is 0 Å². The fourth-order valence-corrected chi connectivity index (χ4v) is 4.10. The summed E-state index contributed by atoms with van der Waals surface area (Å²) in [5.41, 5.74) is 2.09. The number of fused-ring (bicyclic) bond motifs is 2. The number of aromatic nitrogens is 2. The summed E-state index contributed by atoms with van der Waals surface area (Å²) in [6.45, 7) is 1.52. The second-order valence-electron chi connectivity index (χ2n) is 7.58. The molecule has 1 saturated heterocycles. The standard InChI is InChI=1S/C22H21N3O5/c26-21-6-1-14-11-18(3-5-20(14)25(21)22(27)28)30-17-2-4-19-15(12-17)13-24(23-19)16-7-9-29-10-8-16/h2-5,11-13,16H,1,6-10H2,(H,27,28). The average Bonchev–Trinajstić information content (AvgIpc) is 3.17. The van der Waals surface area contributed by atoms with Gasteiger partial charge in [-0.2, -0.15) is 5.10 Å². The molecule has 8 heteroatoms. The van der Waals surface area contributed by atoms with E-state index in [-0.39, 0.29) is 6.42 Å². The zero-order chi connectivity index (χ0) is 20.7. The molecule has 0 bridgehead atoms. The van der Waals surface area contributed by atoms with Crippen LogP contribution in [-0.2, 0) is 16.0 Å². The molecule has 30 heavy (non-hydrogen) atoms. The summed E-state index contributed by atoms with van der Waals surface area (Å²) in [5.74, 6) is 0.872. The molecule has 0 unspecified atom stereocenters. The lowest BCUT2D eigenvalue weighted by molar-refractivity contribution is -0.118. The molecule has 1 aromatic heterocycles. The van der Waals surface area contributed by atoms with E-state index >= 15 is 0 Å². The van der Waals surface area contributed by atoms with Crippen LogP contribution in [0.3, 0.4) is 0 Å². The van der Waals surface area contributed by atoms with Gasteiger partial charge in [0.25, 0.3) is 0 Å². The van der Waals surface area contributed by atoms with Crippen molar-refractivity contribution in [1.82, 2.24) is 9.78 Å². The minimum atomic E-state index is -1.26. The van der Waals surface area contributed by atoms with Gasteiger partial charge in [0.05, 0.1) is 17.2 Å². The van der Waals surface area contributed by atoms with Gasteiger partial charge in [-0.3, -0.25) is 9.48 Å². The van der Waals surface area contributed by atoms with E-state index in [0.717, 1.165) is 47.4 Å². The number of hydrogen-bond donors (Lipinski definition) is 1. The predicted octanol–water partition coefficient (Wildman–Crippen LogP) is 4.14. The molecular weight excluding hydrogens is 386 g/mol. The second-order valence-corrected chi connectivity index (χ2v) is 7.58. The van der Waals surface area contributed by atoms with E-state index in [1.165, 1.54) is 0 Å². The van der Waals surface area contributed by atoms with E-state index in [2.05, 4.69) is 5.10 Å². The van der Waals surface area contributed by atoms with Crippen molar-refractivity contribution in [3.05, 3.63) is 48.2 Å². The fourth-order valence-electron chi connectivity index (χ4n) is 4.10. The van der Waals surface area contributed by atoms with Crippen LogP contribution in [0.25, 0.3) is 10.9 Å². The Kier molecular flexibility index (Phi) is 4.63. The molecule has 1 fully saturated rings. The summed E-state index contributed by atoms with van der Waals surface area (Å²) in [7, 11) is 0. The molecule has 154 valence electrons. The molecule has 0 aliphatic carbocycles. The van der Waals surface area contributed by atoms with Crippen molar-refractivity contribution in [3.8, 4) is 11.5 Å². The first-order chi connectivity index (χ1) is 14.6. The lowest BCUT2D eigenvalue weighted by atomic mass is 10.0. The summed E-state index contributed by atoms with van der Waals surface area (Å²) in [5, 5.41) is 15.0. The number of rotatable bonds is 3. The Morgan fingerprint density at radius 3 is 2.67 bits per heavy atom. The van der Waals surface area contributed by atoms with E-state index in [1.807, 2.05) is 29.1 Å². The third kappa shape index (κ3) is 3.39. The molecule has 2 amide bonds. The highest BCUT2D eigenvalue weighted by atomic mass is 16.5. The van der Waals surface area contributed by atoms with E-state index in [0.29, 0.717) is 29.6 Å². The Bertz CT molecular complexity index is 1130. The Hall–Kier alpha value is -3.39. The number of carboxylic acid groups (broad SMARTS) is 1. The van der Waals surface area contributed by atoms with Crippen LogP contribution in [0.4, 0.5) is 10.5 Å². The SMILES string of the molecule is O=C(O)N1C(=O)CCc2cc(Oc3ccc4nn(C5CCOCC5)cc4c3)ccc21. The van der Waals surface area contributed by atoms with Gasteiger partial charge in [0.1, 0.15) is 11.5 Å². The highest BCUT2D eigenvalue weighted by molar-refractivity contribution is 6.13. The number of ether oxygens (including phenoxy) is 2. The first-order valence-corrected chi connectivity index (χ1v) is 10.0. The molecule has 0 atom stereocenters. The Morgan fingerprint density at radius 1 is 1.10 bits per heavy atom. The third-order valence-corrected chi connectivity index (χ3v) is 5.63. The largest absolute Gasteiger partial charge is 0.464 e. The minimum absolute atomic E-state index is 0.167. The number of carbonyl (C=O) groups is 2. The second kappa shape index (κ2) is 7.46. The van der Waals surface area contributed by atoms with Crippen molar-refractivity contribution in [3.63, 3.8) is 0 Å². The first kappa shape index (κ1) is 18.6. The molecule has 2 aliphatic heterocycles. The number of hydrogen-bond acceptors (Lipinski definition) is 5. The zero-order valence-corrected chi connectivity index (χ0v) is 16.3. The minimum Gasteiger partial charge on any atom is -0.464 e. The summed E-state index contributed by atoms with van der Waals surface area (Å²) in [6.07, 6.45) is 3.36. The summed E-state index contributed by atoms with van der Waals surface area (Å²) in [4.78, 5) is 24.1. The van der Waals surface area contributed by atoms with Crippen LogP contribution in [0.1, 0.15) is 30.9 Å². The van der Waals surface area contributed by atoms with Crippen molar-refractivity contribution in [2.24, 2.45) is 0 Å². The smallest absolute Gasteiger partial charge is 0.418 e. The average molecular weight is 407 g/mol. The van der Waals surface area contributed by atoms with E-state index in [9.17, 15) is 14.7 Å². The molecule has 2 aromatic carbocycles. The Morgan fingerprint density at radius 2 is 1.87 bits per heavy atom. The van der Waals surface area contributed by atoms with E-state index < -0.39 is 12.0 Å². The Labute approximate surface area is 172 Å². The van der Waals surface area contributed by atoms with Gasteiger partial charge in [-0.05, 0) is 61.2 Å². The monoisotopic (exact) mass is 407 g/mol. The topological polar surface area (TPSA) is 93.9 Å². The molecule has 5 rings (SSSR count). The number of benzene rings is 2. The van der Waals surface area contributed by atoms with E-state index in [4.69, 9.17) is 9.47 Å². The molecule has 3 aromatic rings. The molecular formula is C22H21N3O5. The first-order valence-electron chi connectivity index (χ1n) is 10.0. The number of anilines is 1. The molecule has 1 N–H and O–H groups in total. The van der Waals surface area contributed by atoms with Crippen molar-refractivity contribution in [1.29, 1.82) is 0 Å². The lowest BCUT2D eigenvalue weighted by Crippen LogP contribution is -2.39. The number of imide groups is 1. The molecule has 3 heterocycles. The van der Waals surface area contributed by atoms with Crippen LogP contribution in [0, 0.1) is 0 Å². The number of amides is 2. The zero-order valence-electron chi connectivity index (χ0n) is 16.3. The molecule has 2 aliphatic rings.